The van der Waals surface area contributed by atoms with Gasteiger partial charge in [-0.2, -0.15) is 0 Å². The minimum Gasteiger partial charge on any atom is -0.339 e. The summed E-state index contributed by atoms with van der Waals surface area (Å²) < 4.78 is 2.04. The highest BCUT2D eigenvalue weighted by molar-refractivity contribution is 6.30. The number of halogens is 1. The molecule has 2 aromatic carbocycles. The first-order valence-corrected chi connectivity index (χ1v) is 11.6. The molecule has 3 heterocycles. The van der Waals surface area contributed by atoms with E-state index in [2.05, 4.69) is 40.0 Å². The molecule has 6 nitrogen and oxygen atoms in total. The first kappa shape index (κ1) is 21.5. The highest BCUT2D eigenvalue weighted by Crippen LogP contribution is 2.36. The number of anilines is 1. The number of rotatable bonds is 4. The van der Waals surface area contributed by atoms with E-state index in [0.29, 0.717) is 42.8 Å². The zero-order valence-corrected chi connectivity index (χ0v) is 19.6. The molecule has 5 rings (SSSR count). The molecular formula is C26H26ClN5O. The Morgan fingerprint density at radius 2 is 1.70 bits per heavy atom. The van der Waals surface area contributed by atoms with Gasteiger partial charge in [0.15, 0.2) is 0 Å². The Balaban J connectivity index is 1.53. The molecule has 0 N–H and O–H groups in total. The molecule has 4 aromatic rings. The van der Waals surface area contributed by atoms with Gasteiger partial charge in [0.1, 0.15) is 5.69 Å². The predicted molar refractivity (Wildman–Crippen MR) is 133 cm³/mol. The van der Waals surface area contributed by atoms with Crippen LogP contribution in [0.1, 0.15) is 23.0 Å². The Morgan fingerprint density at radius 1 is 1.00 bits per heavy atom. The van der Waals surface area contributed by atoms with Crippen molar-refractivity contribution in [1.82, 2.24) is 19.4 Å². The molecule has 0 saturated carbocycles. The second-order valence-electron chi connectivity index (χ2n) is 8.32. The van der Waals surface area contributed by atoms with E-state index in [1.807, 2.05) is 46.8 Å². The number of fused-ring (bicyclic) bond motifs is 1. The number of hydrogen-bond acceptors (Lipinski definition) is 4. The van der Waals surface area contributed by atoms with Crippen molar-refractivity contribution in [3.05, 3.63) is 77.2 Å². The zero-order valence-electron chi connectivity index (χ0n) is 18.8. The summed E-state index contributed by atoms with van der Waals surface area (Å²) in [4.78, 5) is 26.6. The van der Waals surface area contributed by atoms with Crippen molar-refractivity contribution in [2.45, 2.75) is 13.3 Å². The molecule has 0 unspecified atom stereocenters. The summed E-state index contributed by atoms with van der Waals surface area (Å²) in [5, 5.41) is 1.78. The fourth-order valence-corrected chi connectivity index (χ4v) is 4.71. The van der Waals surface area contributed by atoms with Crippen LogP contribution in [0.3, 0.4) is 0 Å². The molecule has 1 fully saturated rings. The lowest BCUT2D eigenvalue weighted by atomic mass is 9.99. The summed E-state index contributed by atoms with van der Waals surface area (Å²) in [6.07, 6.45) is 4.44. The topological polar surface area (TPSA) is 54.3 Å². The maximum absolute atomic E-state index is 13.9. The normalized spacial score (nSPS) is 14.2. The van der Waals surface area contributed by atoms with E-state index in [0.717, 1.165) is 28.5 Å². The molecule has 168 valence electrons. The van der Waals surface area contributed by atoms with Crippen LogP contribution in [0.2, 0.25) is 5.02 Å². The fourth-order valence-electron chi connectivity index (χ4n) is 4.58. The third-order valence-corrected chi connectivity index (χ3v) is 6.66. The quantitative estimate of drug-likeness (QED) is 0.439. The minimum atomic E-state index is 0.0466. The highest BCUT2D eigenvalue weighted by Gasteiger charge is 2.29. The summed E-state index contributed by atoms with van der Waals surface area (Å²) in [6, 6.07) is 16.0. The Hall–Kier alpha value is -3.38. The summed E-state index contributed by atoms with van der Waals surface area (Å²) in [6.45, 7) is 4.80. The van der Waals surface area contributed by atoms with Crippen LogP contribution >= 0.6 is 11.6 Å². The summed E-state index contributed by atoms with van der Waals surface area (Å²) in [5.41, 5.74) is 4.98. The number of carbonyl (C=O) groups is 1. The number of hydrogen-bond donors (Lipinski definition) is 0. The lowest BCUT2D eigenvalue weighted by Gasteiger charge is -2.34. The molecule has 1 aliphatic rings. The third-order valence-electron chi connectivity index (χ3n) is 6.41. The molecule has 33 heavy (non-hydrogen) atoms. The van der Waals surface area contributed by atoms with Gasteiger partial charge < -0.3 is 14.4 Å². The van der Waals surface area contributed by atoms with Gasteiger partial charge in [0.2, 0.25) is 5.95 Å². The van der Waals surface area contributed by atoms with Crippen LogP contribution in [0.15, 0.2) is 60.9 Å². The Morgan fingerprint density at radius 3 is 2.36 bits per heavy atom. The lowest BCUT2D eigenvalue weighted by molar-refractivity contribution is 0.0738. The van der Waals surface area contributed by atoms with E-state index in [-0.39, 0.29) is 5.91 Å². The van der Waals surface area contributed by atoms with Gasteiger partial charge in [-0.25, -0.2) is 9.97 Å². The average Bonchev–Trinajstić information content (AvgIpc) is 3.16. The maximum atomic E-state index is 13.9. The first-order valence-electron chi connectivity index (χ1n) is 11.2. The number of piperazine rings is 1. The van der Waals surface area contributed by atoms with E-state index < -0.39 is 0 Å². The number of aromatic nitrogens is 3. The monoisotopic (exact) mass is 459 g/mol. The molecule has 7 heteroatoms. The molecule has 1 aliphatic heterocycles. The Labute approximate surface area is 198 Å². The Bertz CT molecular complexity index is 1290. The van der Waals surface area contributed by atoms with Crippen LogP contribution in [-0.2, 0) is 13.5 Å². The smallest absolute Gasteiger partial charge is 0.271 e. The number of amides is 1. The maximum Gasteiger partial charge on any atom is 0.271 e. The van der Waals surface area contributed by atoms with Crippen LogP contribution in [0, 0.1) is 0 Å². The van der Waals surface area contributed by atoms with E-state index in [1.165, 1.54) is 5.56 Å². The lowest BCUT2D eigenvalue weighted by Crippen LogP contribution is -2.49. The molecule has 2 aromatic heterocycles. The molecule has 0 aliphatic carbocycles. The first-order chi connectivity index (χ1) is 16.1. The van der Waals surface area contributed by atoms with Gasteiger partial charge >= 0.3 is 0 Å². The van der Waals surface area contributed by atoms with E-state index in [1.54, 1.807) is 12.4 Å². The summed E-state index contributed by atoms with van der Waals surface area (Å²) in [5.74, 6) is 0.758. The summed E-state index contributed by atoms with van der Waals surface area (Å²) >= 11 is 6.16. The third kappa shape index (κ3) is 3.95. The highest BCUT2D eigenvalue weighted by atomic mass is 35.5. The van der Waals surface area contributed by atoms with Crippen LogP contribution in [0.5, 0.6) is 0 Å². The van der Waals surface area contributed by atoms with Crippen molar-refractivity contribution in [2.24, 2.45) is 7.05 Å². The summed E-state index contributed by atoms with van der Waals surface area (Å²) in [7, 11) is 1.98. The molecule has 0 atom stereocenters. The molecular weight excluding hydrogens is 434 g/mol. The van der Waals surface area contributed by atoms with Crippen molar-refractivity contribution < 1.29 is 4.79 Å². The van der Waals surface area contributed by atoms with Crippen LogP contribution in [0.4, 0.5) is 5.95 Å². The Kier molecular flexibility index (Phi) is 5.77. The van der Waals surface area contributed by atoms with Gasteiger partial charge in [-0.15, -0.1) is 0 Å². The molecule has 0 radical (unpaired) electrons. The van der Waals surface area contributed by atoms with Crippen molar-refractivity contribution >= 4 is 34.4 Å². The van der Waals surface area contributed by atoms with Gasteiger partial charge in [0.25, 0.3) is 5.91 Å². The van der Waals surface area contributed by atoms with E-state index in [4.69, 9.17) is 11.6 Å². The van der Waals surface area contributed by atoms with Gasteiger partial charge in [-0.3, -0.25) is 4.79 Å². The minimum absolute atomic E-state index is 0.0466. The van der Waals surface area contributed by atoms with Gasteiger partial charge in [-0.1, -0.05) is 36.7 Å². The van der Waals surface area contributed by atoms with E-state index >= 15 is 0 Å². The van der Waals surface area contributed by atoms with Gasteiger partial charge in [0.05, 0.1) is 0 Å². The second kappa shape index (κ2) is 8.87. The van der Waals surface area contributed by atoms with Crippen molar-refractivity contribution in [1.29, 1.82) is 0 Å². The SMILES string of the molecule is CCc1ccc2c(c1)c(-c1ccc(Cl)cc1)c(C(=O)N1CCN(c3ncccn3)CC1)n2C. The fraction of sp³-hybridized carbons (Fsp3) is 0.269. The van der Waals surface area contributed by atoms with Crippen molar-refractivity contribution in [3.63, 3.8) is 0 Å². The average molecular weight is 460 g/mol. The van der Waals surface area contributed by atoms with Crippen molar-refractivity contribution in [3.8, 4) is 11.1 Å². The van der Waals surface area contributed by atoms with Crippen molar-refractivity contribution in [2.75, 3.05) is 31.1 Å². The standard InChI is InChI=1S/C26H26ClN5O/c1-3-18-5-10-22-21(17-18)23(19-6-8-20(27)9-7-19)24(30(22)2)25(33)31-13-15-32(16-14-31)26-28-11-4-12-29-26/h4-12,17H,3,13-16H2,1-2H3. The number of nitrogens with zero attached hydrogens (tertiary/aromatic N) is 5. The zero-order chi connectivity index (χ0) is 22.9. The molecule has 0 bridgehead atoms. The molecule has 1 saturated heterocycles. The van der Waals surface area contributed by atoms with Crippen LogP contribution < -0.4 is 4.90 Å². The molecule has 1 amide bonds. The van der Waals surface area contributed by atoms with Gasteiger partial charge in [0, 0.05) is 67.1 Å². The van der Waals surface area contributed by atoms with Gasteiger partial charge in [-0.05, 0) is 47.9 Å². The van der Waals surface area contributed by atoms with Crippen LogP contribution in [-0.4, -0.2) is 51.5 Å². The second-order valence-corrected chi connectivity index (χ2v) is 8.76. The predicted octanol–water partition coefficient (Wildman–Crippen LogP) is 4.81. The largest absolute Gasteiger partial charge is 0.339 e. The van der Waals surface area contributed by atoms with Crippen LogP contribution in [0.25, 0.3) is 22.0 Å². The van der Waals surface area contributed by atoms with E-state index in [9.17, 15) is 4.79 Å². The number of carbonyl (C=O) groups excluding carboxylic acids is 1. The number of aryl methyl sites for hydroxylation is 2. The molecule has 0 spiro atoms. The number of benzene rings is 2.